The van der Waals surface area contributed by atoms with Gasteiger partial charge in [0.25, 0.3) is 0 Å². The highest BCUT2D eigenvalue weighted by Gasteiger charge is 2.19. The minimum atomic E-state index is -2.86. The van der Waals surface area contributed by atoms with Gasteiger partial charge in [0.15, 0.2) is 0 Å². The molecule has 0 bridgehead atoms. The molecule has 0 heterocycles. The number of rotatable bonds is 18. The van der Waals surface area contributed by atoms with E-state index in [2.05, 4.69) is 27.7 Å². The van der Waals surface area contributed by atoms with Crippen molar-refractivity contribution >= 4 is 9.84 Å². The van der Waals surface area contributed by atoms with Crippen molar-refractivity contribution < 1.29 is 18.3 Å². The zero-order chi connectivity index (χ0) is 20.8. The Morgan fingerprint density at radius 1 is 0.704 bits per heavy atom. The van der Waals surface area contributed by atoms with Crippen molar-refractivity contribution in [3.8, 4) is 0 Å². The van der Waals surface area contributed by atoms with Crippen LogP contribution in [0.4, 0.5) is 0 Å². The molecule has 0 saturated carbocycles. The summed E-state index contributed by atoms with van der Waals surface area (Å²) in [5.41, 5.74) is 0.485. The molecule has 0 amide bonds. The third-order valence-corrected chi connectivity index (χ3v) is 6.39. The Labute approximate surface area is 169 Å². The third kappa shape index (κ3) is 19.0. The predicted octanol–water partition coefficient (Wildman–Crippen LogP) is 5.38. The maximum atomic E-state index is 11.3. The first-order valence-electron chi connectivity index (χ1n) is 10.8. The molecule has 0 unspecified atom stereocenters. The van der Waals surface area contributed by atoms with Crippen LogP contribution >= 0.6 is 0 Å². The predicted molar refractivity (Wildman–Crippen MR) is 116 cm³/mol. The van der Waals surface area contributed by atoms with Gasteiger partial charge in [0, 0.05) is 26.1 Å². The lowest BCUT2D eigenvalue weighted by atomic mass is 9.82. The average Bonchev–Trinajstić information content (AvgIpc) is 2.55. The lowest BCUT2D eigenvalue weighted by molar-refractivity contribution is 0.120. The van der Waals surface area contributed by atoms with Gasteiger partial charge >= 0.3 is 0 Å². The molecule has 0 aliphatic carbocycles. The molecule has 0 aromatic rings. The van der Waals surface area contributed by atoms with Crippen molar-refractivity contribution in [2.45, 2.75) is 98.3 Å². The van der Waals surface area contributed by atoms with Crippen LogP contribution in [-0.4, -0.2) is 45.4 Å². The molecule has 0 atom stereocenters. The second-order valence-electron chi connectivity index (χ2n) is 9.77. The van der Waals surface area contributed by atoms with E-state index in [-0.39, 0.29) is 11.2 Å². The molecule has 0 spiro atoms. The first-order chi connectivity index (χ1) is 12.5. The molecule has 0 radical (unpaired) electrons. The first kappa shape index (κ1) is 26.9. The average molecular weight is 407 g/mol. The van der Waals surface area contributed by atoms with Crippen molar-refractivity contribution in [3.63, 3.8) is 0 Å². The second kappa shape index (κ2) is 13.9. The van der Waals surface area contributed by atoms with E-state index < -0.39 is 9.84 Å². The maximum absolute atomic E-state index is 11.3. The van der Waals surface area contributed by atoms with Gasteiger partial charge in [-0.1, -0.05) is 53.4 Å². The molecule has 0 aliphatic rings. The van der Waals surface area contributed by atoms with Crippen LogP contribution in [0.2, 0.25) is 0 Å². The highest BCUT2D eigenvalue weighted by Crippen LogP contribution is 2.30. The number of unbranched alkanes of at least 4 members (excludes halogenated alkanes) is 4. The minimum Gasteiger partial charge on any atom is -0.396 e. The normalized spacial score (nSPS) is 13.3. The molecule has 4 nitrogen and oxygen atoms in total. The SMILES string of the molecule is CC(C)(CCCCCO)CCCCOCCCCC(C)(C)CCS(C)(=O)=O. The summed E-state index contributed by atoms with van der Waals surface area (Å²) in [6.07, 6.45) is 13.3. The van der Waals surface area contributed by atoms with E-state index in [0.717, 1.165) is 58.2 Å². The lowest BCUT2D eigenvalue weighted by Gasteiger charge is -2.24. The van der Waals surface area contributed by atoms with E-state index in [1.807, 2.05) is 0 Å². The standard InChI is InChI=1S/C22H46O4S/c1-21(2,13-7-6-10-17-23)14-8-11-18-26-19-12-9-15-22(3,4)16-20-27(5,24)25/h23H,6-20H2,1-5H3. The van der Waals surface area contributed by atoms with Crippen LogP contribution in [0.25, 0.3) is 0 Å². The van der Waals surface area contributed by atoms with Gasteiger partial charge in [0.05, 0.1) is 5.75 Å². The van der Waals surface area contributed by atoms with Crippen LogP contribution < -0.4 is 0 Å². The molecular weight excluding hydrogens is 360 g/mol. The van der Waals surface area contributed by atoms with E-state index >= 15 is 0 Å². The van der Waals surface area contributed by atoms with Crippen LogP contribution in [0, 0.1) is 10.8 Å². The molecular formula is C22H46O4S. The molecule has 0 fully saturated rings. The van der Waals surface area contributed by atoms with Crippen molar-refractivity contribution in [3.05, 3.63) is 0 Å². The van der Waals surface area contributed by atoms with Gasteiger partial charge in [-0.15, -0.1) is 0 Å². The monoisotopic (exact) mass is 406 g/mol. The molecule has 0 rings (SSSR count). The summed E-state index contributed by atoms with van der Waals surface area (Å²) in [4.78, 5) is 0. The van der Waals surface area contributed by atoms with Gasteiger partial charge < -0.3 is 9.84 Å². The highest BCUT2D eigenvalue weighted by atomic mass is 32.2. The van der Waals surface area contributed by atoms with E-state index in [9.17, 15) is 8.42 Å². The van der Waals surface area contributed by atoms with Gasteiger partial charge in [-0.3, -0.25) is 0 Å². The molecule has 0 aromatic carbocycles. The number of aliphatic hydroxyl groups excluding tert-OH is 1. The molecule has 164 valence electrons. The van der Waals surface area contributed by atoms with Crippen molar-refractivity contribution in [2.24, 2.45) is 10.8 Å². The summed E-state index contributed by atoms with van der Waals surface area (Å²) in [6.45, 7) is 11.0. The van der Waals surface area contributed by atoms with Gasteiger partial charge in [0.1, 0.15) is 9.84 Å². The fourth-order valence-corrected chi connectivity index (χ4v) is 4.24. The maximum Gasteiger partial charge on any atom is 0.147 e. The van der Waals surface area contributed by atoms with Crippen LogP contribution in [-0.2, 0) is 14.6 Å². The fourth-order valence-electron chi connectivity index (χ4n) is 3.32. The Bertz CT molecular complexity index is 455. The van der Waals surface area contributed by atoms with Gasteiger partial charge in [0.2, 0.25) is 0 Å². The summed E-state index contributed by atoms with van der Waals surface area (Å²) in [6, 6.07) is 0. The van der Waals surface area contributed by atoms with Crippen LogP contribution in [0.5, 0.6) is 0 Å². The fraction of sp³-hybridized carbons (Fsp3) is 1.00. The van der Waals surface area contributed by atoms with E-state index in [0.29, 0.717) is 12.0 Å². The molecule has 5 heteroatoms. The van der Waals surface area contributed by atoms with Crippen LogP contribution in [0.3, 0.4) is 0 Å². The van der Waals surface area contributed by atoms with E-state index in [1.165, 1.54) is 31.9 Å². The third-order valence-electron chi connectivity index (χ3n) is 5.45. The Balaban J connectivity index is 3.58. The molecule has 27 heavy (non-hydrogen) atoms. The topological polar surface area (TPSA) is 63.6 Å². The van der Waals surface area contributed by atoms with E-state index in [4.69, 9.17) is 9.84 Å². The van der Waals surface area contributed by atoms with Crippen molar-refractivity contribution in [1.29, 1.82) is 0 Å². The van der Waals surface area contributed by atoms with Gasteiger partial charge in [-0.2, -0.15) is 0 Å². The molecule has 0 aliphatic heterocycles. The number of sulfone groups is 1. The number of ether oxygens (including phenoxy) is 1. The Hall–Kier alpha value is -0.130. The summed E-state index contributed by atoms with van der Waals surface area (Å²) >= 11 is 0. The van der Waals surface area contributed by atoms with Crippen LogP contribution in [0.1, 0.15) is 98.3 Å². The molecule has 0 aromatic heterocycles. The Morgan fingerprint density at radius 2 is 1.15 bits per heavy atom. The summed E-state index contributed by atoms with van der Waals surface area (Å²) < 4.78 is 28.3. The number of hydrogen-bond donors (Lipinski definition) is 1. The smallest absolute Gasteiger partial charge is 0.147 e. The Morgan fingerprint density at radius 3 is 1.59 bits per heavy atom. The molecule has 0 saturated heterocycles. The second-order valence-corrected chi connectivity index (χ2v) is 12.0. The van der Waals surface area contributed by atoms with Crippen molar-refractivity contribution in [1.82, 2.24) is 0 Å². The molecule has 1 N–H and O–H groups in total. The van der Waals surface area contributed by atoms with Crippen molar-refractivity contribution in [2.75, 3.05) is 31.8 Å². The zero-order valence-corrected chi connectivity index (χ0v) is 19.5. The minimum absolute atomic E-state index is 0.0891. The summed E-state index contributed by atoms with van der Waals surface area (Å²) in [7, 11) is -2.86. The lowest BCUT2D eigenvalue weighted by Crippen LogP contribution is -2.17. The quantitative estimate of drug-likeness (QED) is 0.310. The summed E-state index contributed by atoms with van der Waals surface area (Å²) in [5, 5.41) is 8.83. The zero-order valence-electron chi connectivity index (χ0n) is 18.7. The Kier molecular flexibility index (Phi) is 13.9. The highest BCUT2D eigenvalue weighted by molar-refractivity contribution is 7.90. The number of aliphatic hydroxyl groups is 1. The van der Waals surface area contributed by atoms with E-state index in [1.54, 1.807) is 0 Å². The first-order valence-corrected chi connectivity index (χ1v) is 12.9. The largest absolute Gasteiger partial charge is 0.396 e. The van der Waals surface area contributed by atoms with Gasteiger partial charge in [-0.25, -0.2) is 8.42 Å². The van der Waals surface area contributed by atoms with Crippen LogP contribution in [0.15, 0.2) is 0 Å². The van der Waals surface area contributed by atoms with Gasteiger partial charge in [-0.05, 0) is 55.8 Å². The number of hydrogen-bond acceptors (Lipinski definition) is 4. The summed E-state index contributed by atoms with van der Waals surface area (Å²) in [5.74, 6) is 0.286.